The number of ether oxygens (including phenoxy) is 1. The number of nitrogens with one attached hydrogen (secondary N) is 1. The van der Waals surface area contributed by atoms with Gasteiger partial charge in [-0.2, -0.15) is 0 Å². The van der Waals surface area contributed by atoms with E-state index in [0.717, 1.165) is 35.9 Å². The van der Waals surface area contributed by atoms with Crippen molar-refractivity contribution in [2.24, 2.45) is 0 Å². The van der Waals surface area contributed by atoms with Crippen molar-refractivity contribution < 1.29 is 14.6 Å². The van der Waals surface area contributed by atoms with Crippen LogP contribution < -0.4 is 0 Å². The maximum atomic E-state index is 11.7. The number of aromatic nitrogens is 1. The van der Waals surface area contributed by atoms with Crippen molar-refractivity contribution in [3.05, 3.63) is 29.5 Å². The number of aromatic amines is 1. The summed E-state index contributed by atoms with van der Waals surface area (Å²) in [6.45, 7) is 2.26. The van der Waals surface area contributed by atoms with Gasteiger partial charge in [0, 0.05) is 22.5 Å². The van der Waals surface area contributed by atoms with Gasteiger partial charge in [0.1, 0.15) is 5.75 Å². The second-order valence-electron chi connectivity index (χ2n) is 5.35. The fourth-order valence-corrected chi connectivity index (χ4v) is 3.17. The highest BCUT2D eigenvalue weighted by atomic mass is 16.5. The molecule has 1 aromatic heterocycles. The molecule has 4 nitrogen and oxygen atoms in total. The lowest BCUT2D eigenvalue weighted by Crippen LogP contribution is -2.15. The molecule has 3 rings (SSSR count). The largest absolute Gasteiger partial charge is 0.508 e. The molecule has 0 amide bonds. The molecular formula is C16H19NO3. The van der Waals surface area contributed by atoms with E-state index in [-0.39, 0.29) is 17.6 Å². The number of rotatable bonds is 3. The summed E-state index contributed by atoms with van der Waals surface area (Å²) in [6, 6.07) is 5.38. The Bertz CT molecular complexity index is 644. The number of carbonyl (C=O) groups is 1. The molecule has 20 heavy (non-hydrogen) atoms. The second-order valence-corrected chi connectivity index (χ2v) is 5.35. The zero-order valence-electron chi connectivity index (χ0n) is 11.6. The monoisotopic (exact) mass is 273 g/mol. The minimum atomic E-state index is -0.133. The van der Waals surface area contributed by atoms with E-state index >= 15 is 0 Å². The Morgan fingerprint density at radius 1 is 1.50 bits per heavy atom. The number of hydrogen-bond acceptors (Lipinski definition) is 3. The molecule has 0 aliphatic heterocycles. The Hall–Kier alpha value is -1.97. The van der Waals surface area contributed by atoms with Gasteiger partial charge in [-0.25, -0.2) is 0 Å². The molecule has 0 fully saturated rings. The Labute approximate surface area is 117 Å². The first kappa shape index (κ1) is 13.0. The number of H-pyrrole nitrogens is 1. The van der Waals surface area contributed by atoms with Crippen molar-refractivity contribution in [3.63, 3.8) is 0 Å². The van der Waals surface area contributed by atoms with Crippen LogP contribution in [0.25, 0.3) is 10.9 Å². The van der Waals surface area contributed by atoms with Crippen LogP contribution in [0.15, 0.2) is 18.2 Å². The van der Waals surface area contributed by atoms with E-state index < -0.39 is 0 Å². The normalized spacial score (nSPS) is 17.9. The van der Waals surface area contributed by atoms with Gasteiger partial charge in [-0.1, -0.05) is 0 Å². The SMILES string of the molecule is CCOC(=O)CC1CCCc2c1[nH]c1ccc(O)cc21. The van der Waals surface area contributed by atoms with E-state index in [9.17, 15) is 9.90 Å². The summed E-state index contributed by atoms with van der Waals surface area (Å²) < 4.78 is 5.06. The summed E-state index contributed by atoms with van der Waals surface area (Å²) in [4.78, 5) is 15.1. The van der Waals surface area contributed by atoms with Gasteiger partial charge < -0.3 is 14.8 Å². The van der Waals surface area contributed by atoms with Crippen LogP contribution in [0.5, 0.6) is 5.75 Å². The van der Waals surface area contributed by atoms with E-state index in [1.165, 1.54) is 5.56 Å². The molecule has 1 aliphatic carbocycles. The highest BCUT2D eigenvalue weighted by molar-refractivity contribution is 5.86. The lowest BCUT2D eigenvalue weighted by atomic mass is 9.85. The van der Waals surface area contributed by atoms with Crippen molar-refractivity contribution in [2.75, 3.05) is 6.61 Å². The van der Waals surface area contributed by atoms with Crippen molar-refractivity contribution in [2.45, 2.75) is 38.5 Å². The van der Waals surface area contributed by atoms with Gasteiger partial charge in [-0.15, -0.1) is 0 Å². The number of fused-ring (bicyclic) bond motifs is 3. The third-order valence-corrected chi connectivity index (χ3v) is 4.03. The van der Waals surface area contributed by atoms with Crippen molar-refractivity contribution in [1.29, 1.82) is 0 Å². The van der Waals surface area contributed by atoms with Crippen molar-refractivity contribution >= 4 is 16.9 Å². The highest BCUT2D eigenvalue weighted by Crippen LogP contribution is 2.38. The summed E-state index contributed by atoms with van der Waals surface area (Å²) in [7, 11) is 0. The Morgan fingerprint density at radius 2 is 2.35 bits per heavy atom. The minimum absolute atomic E-state index is 0.133. The molecule has 1 aromatic carbocycles. The van der Waals surface area contributed by atoms with E-state index in [1.54, 1.807) is 12.1 Å². The summed E-state index contributed by atoms with van der Waals surface area (Å²) in [5, 5.41) is 10.7. The first-order valence-electron chi connectivity index (χ1n) is 7.18. The number of carbonyl (C=O) groups excluding carboxylic acids is 1. The van der Waals surface area contributed by atoms with Gasteiger partial charge in [0.05, 0.1) is 13.0 Å². The number of phenols is 1. The lowest BCUT2D eigenvalue weighted by Gasteiger charge is -2.21. The highest BCUT2D eigenvalue weighted by Gasteiger charge is 2.26. The first-order valence-corrected chi connectivity index (χ1v) is 7.18. The lowest BCUT2D eigenvalue weighted by molar-refractivity contribution is -0.143. The average molecular weight is 273 g/mol. The van der Waals surface area contributed by atoms with Crippen LogP contribution in [0.1, 0.15) is 43.4 Å². The zero-order valence-corrected chi connectivity index (χ0v) is 11.6. The zero-order chi connectivity index (χ0) is 14.1. The summed E-state index contributed by atoms with van der Waals surface area (Å²) >= 11 is 0. The topological polar surface area (TPSA) is 62.3 Å². The number of benzene rings is 1. The number of hydrogen-bond donors (Lipinski definition) is 2. The Balaban J connectivity index is 1.96. The second kappa shape index (κ2) is 5.19. The van der Waals surface area contributed by atoms with Crippen LogP contribution in [0.2, 0.25) is 0 Å². The van der Waals surface area contributed by atoms with Gasteiger partial charge in [0.25, 0.3) is 0 Å². The summed E-state index contributed by atoms with van der Waals surface area (Å²) in [6.07, 6.45) is 3.50. The molecule has 1 unspecified atom stereocenters. The first-order chi connectivity index (χ1) is 9.69. The van der Waals surface area contributed by atoms with E-state index in [4.69, 9.17) is 4.74 Å². The smallest absolute Gasteiger partial charge is 0.306 e. The molecule has 0 saturated heterocycles. The summed E-state index contributed by atoms with van der Waals surface area (Å²) in [5.41, 5.74) is 3.42. The number of phenolic OH excluding ortho intramolecular Hbond substituents is 1. The van der Waals surface area contributed by atoms with Crippen molar-refractivity contribution in [3.8, 4) is 5.75 Å². The predicted octanol–water partition coefficient (Wildman–Crippen LogP) is 3.25. The van der Waals surface area contributed by atoms with Gasteiger partial charge in [-0.3, -0.25) is 4.79 Å². The fourth-order valence-electron chi connectivity index (χ4n) is 3.17. The van der Waals surface area contributed by atoms with Gasteiger partial charge in [-0.05, 0) is 49.9 Å². The standard InChI is InChI=1S/C16H19NO3/c1-2-20-15(19)8-10-4-3-5-12-13-9-11(18)6-7-14(13)17-16(10)12/h6-7,9-10,17-18H,2-5,8H2,1H3. The fraction of sp³-hybridized carbons (Fsp3) is 0.438. The van der Waals surface area contributed by atoms with Crippen molar-refractivity contribution in [1.82, 2.24) is 4.98 Å². The van der Waals surface area contributed by atoms with Crippen LogP contribution in [-0.2, 0) is 16.0 Å². The number of aromatic hydroxyl groups is 1. The maximum absolute atomic E-state index is 11.7. The molecule has 0 radical (unpaired) electrons. The van der Waals surface area contributed by atoms with Crippen LogP contribution in [0.4, 0.5) is 0 Å². The van der Waals surface area contributed by atoms with Crippen LogP contribution in [-0.4, -0.2) is 22.7 Å². The van der Waals surface area contributed by atoms with Gasteiger partial charge in [0.2, 0.25) is 0 Å². The molecule has 4 heteroatoms. The molecule has 2 aromatic rings. The molecule has 0 saturated carbocycles. The average Bonchev–Trinajstić information content (AvgIpc) is 2.78. The van der Waals surface area contributed by atoms with Gasteiger partial charge in [0.15, 0.2) is 0 Å². The van der Waals surface area contributed by atoms with E-state index in [0.29, 0.717) is 13.0 Å². The minimum Gasteiger partial charge on any atom is -0.508 e. The number of esters is 1. The number of aryl methyl sites for hydroxylation is 1. The van der Waals surface area contributed by atoms with E-state index in [2.05, 4.69) is 4.98 Å². The van der Waals surface area contributed by atoms with E-state index in [1.807, 2.05) is 13.0 Å². The molecule has 0 bridgehead atoms. The molecule has 106 valence electrons. The van der Waals surface area contributed by atoms with Crippen LogP contribution in [0.3, 0.4) is 0 Å². The molecule has 0 spiro atoms. The maximum Gasteiger partial charge on any atom is 0.306 e. The Morgan fingerprint density at radius 3 is 3.15 bits per heavy atom. The molecule has 1 heterocycles. The Kier molecular flexibility index (Phi) is 3.38. The third-order valence-electron chi connectivity index (χ3n) is 4.03. The molecule has 1 aliphatic rings. The molecule has 1 atom stereocenters. The summed E-state index contributed by atoms with van der Waals surface area (Å²) in [5.74, 6) is 0.353. The van der Waals surface area contributed by atoms with Crippen LogP contribution in [0, 0.1) is 0 Å². The molecule has 2 N–H and O–H groups in total. The van der Waals surface area contributed by atoms with Crippen LogP contribution >= 0.6 is 0 Å². The quantitative estimate of drug-likeness (QED) is 0.844. The third kappa shape index (κ3) is 2.26. The predicted molar refractivity (Wildman–Crippen MR) is 76.9 cm³/mol. The van der Waals surface area contributed by atoms with Gasteiger partial charge >= 0.3 is 5.97 Å². The molecular weight excluding hydrogens is 254 g/mol.